The van der Waals surface area contributed by atoms with Crippen LogP contribution in [0.5, 0.6) is 0 Å². The fourth-order valence-electron chi connectivity index (χ4n) is 3.20. The van der Waals surface area contributed by atoms with Crippen LogP contribution in [0, 0.1) is 0 Å². The number of fused-ring (bicyclic) bond motifs is 1. The zero-order chi connectivity index (χ0) is 19.1. The second-order valence-corrected chi connectivity index (χ2v) is 7.67. The van der Waals surface area contributed by atoms with E-state index in [-0.39, 0.29) is 5.78 Å². The Bertz CT molecular complexity index is 1060. The molecule has 3 aromatic rings. The second kappa shape index (κ2) is 6.83. The van der Waals surface area contributed by atoms with Crippen LogP contribution in [0.15, 0.2) is 35.5 Å². The SMILES string of the molecule is CSc1nc(Nc2ccc3c(c2)NCC3=O)cc(Nc2cc(C3CC3)n[nH]2)n1. The first kappa shape index (κ1) is 17.1. The quantitative estimate of drug-likeness (QED) is 0.369. The standard InChI is InChI=1S/C19H19N7OS/c1-28-19-23-16(21-11-4-5-12-14(6-11)20-9-15(12)27)8-17(24-19)22-18-7-13(25-26-18)10-2-3-10/h4-8,10,20H,2-3,9H2,1H3,(H3,21,22,23,24,25,26). The highest BCUT2D eigenvalue weighted by molar-refractivity contribution is 7.98. The minimum atomic E-state index is 0.116. The number of Topliss-reactive ketones (excluding diaryl/α,β-unsaturated/α-hetero) is 1. The molecule has 1 aromatic carbocycles. The van der Waals surface area contributed by atoms with Crippen LogP contribution in [0.2, 0.25) is 0 Å². The molecule has 0 saturated heterocycles. The van der Waals surface area contributed by atoms with Gasteiger partial charge in [-0.3, -0.25) is 9.89 Å². The first-order valence-corrected chi connectivity index (χ1v) is 10.3. The van der Waals surface area contributed by atoms with Crippen molar-refractivity contribution in [3.8, 4) is 0 Å². The predicted octanol–water partition coefficient (Wildman–Crippen LogP) is 3.89. The van der Waals surface area contributed by atoms with Crippen molar-refractivity contribution in [2.24, 2.45) is 0 Å². The highest BCUT2D eigenvalue weighted by Crippen LogP contribution is 2.39. The van der Waals surface area contributed by atoms with Crippen molar-refractivity contribution in [1.29, 1.82) is 0 Å². The van der Waals surface area contributed by atoms with Gasteiger partial charge >= 0.3 is 0 Å². The fourth-order valence-corrected chi connectivity index (χ4v) is 3.58. The molecule has 8 nitrogen and oxygen atoms in total. The number of aromatic nitrogens is 4. The van der Waals surface area contributed by atoms with Crippen LogP contribution in [0.1, 0.15) is 34.8 Å². The Kier molecular flexibility index (Phi) is 4.16. The van der Waals surface area contributed by atoms with E-state index in [0.29, 0.717) is 29.3 Å². The lowest BCUT2D eigenvalue weighted by atomic mass is 10.1. The summed E-state index contributed by atoms with van der Waals surface area (Å²) in [5, 5.41) is 17.7. The van der Waals surface area contributed by atoms with E-state index in [4.69, 9.17) is 0 Å². The summed E-state index contributed by atoms with van der Waals surface area (Å²) in [5.41, 5.74) is 3.53. The number of hydrogen-bond donors (Lipinski definition) is 4. The molecule has 9 heteroatoms. The van der Waals surface area contributed by atoms with Crippen LogP contribution in [-0.2, 0) is 0 Å². The Hall–Kier alpha value is -3.07. The molecule has 0 amide bonds. The van der Waals surface area contributed by atoms with Gasteiger partial charge in [-0.25, -0.2) is 9.97 Å². The molecule has 5 rings (SSSR count). The van der Waals surface area contributed by atoms with E-state index in [1.807, 2.05) is 36.6 Å². The molecule has 28 heavy (non-hydrogen) atoms. The number of nitrogens with one attached hydrogen (secondary N) is 4. The Morgan fingerprint density at radius 2 is 1.93 bits per heavy atom. The van der Waals surface area contributed by atoms with Crippen LogP contribution >= 0.6 is 11.8 Å². The first-order valence-electron chi connectivity index (χ1n) is 9.11. The van der Waals surface area contributed by atoms with Crippen molar-refractivity contribution in [2.45, 2.75) is 23.9 Å². The summed E-state index contributed by atoms with van der Waals surface area (Å²) in [6, 6.07) is 9.53. The number of nitrogens with zero attached hydrogens (tertiary/aromatic N) is 3. The summed E-state index contributed by atoms with van der Waals surface area (Å²) in [4.78, 5) is 20.8. The largest absolute Gasteiger partial charge is 0.377 e. The van der Waals surface area contributed by atoms with Gasteiger partial charge < -0.3 is 16.0 Å². The molecule has 2 aromatic heterocycles. The third-order valence-electron chi connectivity index (χ3n) is 4.78. The molecule has 1 fully saturated rings. The number of benzene rings is 1. The lowest BCUT2D eigenvalue weighted by Crippen LogP contribution is -2.01. The Morgan fingerprint density at radius 3 is 2.71 bits per heavy atom. The molecule has 0 atom stereocenters. The average Bonchev–Trinajstić information content (AvgIpc) is 3.34. The van der Waals surface area contributed by atoms with Crippen molar-refractivity contribution in [1.82, 2.24) is 20.2 Å². The van der Waals surface area contributed by atoms with Gasteiger partial charge in [0.1, 0.15) is 17.5 Å². The van der Waals surface area contributed by atoms with Gasteiger partial charge in [0.05, 0.1) is 12.2 Å². The number of carbonyl (C=O) groups excluding carboxylic acids is 1. The lowest BCUT2D eigenvalue weighted by molar-refractivity contribution is 0.101. The molecule has 0 radical (unpaired) electrons. The molecule has 1 saturated carbocycles. The lowest BCUT2D eigenvalue weighted by Gasteiger charge is -2.11. The summed E-state index contributed by atoms with van der Waals surface area (Å²) in [6.07, 6.45) is 4.36. The Labute approximate surface area is 165 Å². The molecule has 142 valence electrons. The van der Waals surface area contributed by atoms with Crippen molar-refractivity contribution < 1.29 is 4.79 Å². The minimum absolute atomic E-state index is 0.116. The van der Waals surface area contributed by atoms with E-state index >= 15 is 0 Å². The monoisotopic (exact) mass is 393 g/mol. The maximum Gasteiger partial charge on any atom is 0.191 e. The summed E-state index contributed by atoms with van der Waals surface area (Å²) in [7, 11) is 0. The van der Waals surface area contributed by atoms with Gasteiger partial charge in [0, 0.05) is 35.0 Å². The molecule has 0 unspecified atom stereocenters. The fraction of sp³-hybridized carbons (Fsp3) is 0.263. The molecular weight excluding hydrogens is 374 g/mol. The maximum atomic E-state index is 11.8. The van der Waals surface area contributed by atoms with E-state index in [2.05, 4.69) is 36.1 Å². The number of hydrogen-bond acceptors (Lipinski definition) is 8. The number of ketones is 1. The van der Waals surface area contributed by atoms with E-state index in [1.54, 1.807) is 0 Å². The summed E-state index contributed by atoms with van der Waals surface area (Å²) >= 11 is 1.47. The topological polar surface area (TPSA) is 108 Å². The predicted molar refractivity (Wildman–Crippen MR) is 110 cm³/mol. The molecule has 1 aliphatic carbocycles. The zero-order valence-electron chi connectivity index (χ0n) is 15.2. The normalized spacial score (nSPS) is 15.2. The third-order valence-corrected chi connectivity index (χ3v) is 5.32. The van der Waals surface area contributed by atoms with Crippen molar-refractivity contribution in [3.63, 3.8) is 0 Å². The van der Waals surface area contributed by atoms with Crippen LogP contribution in [0.3, 0.4) is 0 Å². The molecular formula is C19H19N7OS. The molecule has 2 aliphatic rings. The highest BCUT2D eigenvalue weighted by atomic mass is 32.2. The highest BCUT2D eigenvalue weighted by Gasteiger charge is 2.26. The first-order chi connectivity index (χ1) is 13.7. The van der Waals surface area contributed by atoms with E-state index in [1.165, 1.54) is 24.6 Å². The second-order valence-electron chi connectivity index (χ2n) is 6.89. The van der Waals surface area contributed by atoms with E-state index in [0.717, 1.165) is 28.5 Å². The van der Waals surface area contributed by atoms with Crippen LogP contribution in [0.4, 0.5) is 28.8 Å². The summed E-state index contributed by atoms with van der Waals surface area (Å²) < 4.78 is 0. The Balaban J connectivity index is 1.38. The smallest absolute Gasteiger partial charge is 0.191 e. The van der Waals surface area contributed by atoms with Gasteiger partial charge in [-0.15, -0.1) is 0 Å². The van der Waals surface area contributed by atoms with Gasteiger partial charge in [0.15, 0.2) is 10.9 Å². The molecule has 0 bridgehead atoms. The number of carbonyl (C=O) groups is 1. The summed E-state index contributed by atoms with van der Waals surface area (Å²) in [5.74, 6) is 2.88. The number of H-pyrrole nitrogens is 1. The Morgan fingerprint density at radius 1 is 1.11 bits per heavy atom. The van der Waals surface area contributed by atoms with Gasteiger partial charge in [0.25, 0.3) is 0 Å². The van der Waals surface area contributed by atoms with Gasteiger partial charge in [0.2, 0.25) is 0 Å². The molecule has 1 aliphatic heterocycles. The van der Waals surface area contributed by atoms with Crippen molar-refractivity contribution >= 4 is 46.4 Å². The van der Waals surface area contributed by atoms with Crippen LogP contribution < -0.4 is 16.0 Å². The number of rotatable bonds is 6. The summed E-state index contributed by atoms with van der Waals surface area (Å²) in [6.45, 7) is 0.351. The number of thioether (sulfide) groups is 1. The average molecular weight is 393 g/mol. The van der Waals surface area contributed by atoms with Crippen molar-refractivity contribution in [3.05, 3.63) is 41.6 Å². The van der Waals surface area contributed by atoms with Gasteiger partial charge in [-0.2, -0.15) is 5.10 Å². The maximum absolute atomic E-state index is 11.8. The number of anilines is 5. The van der Waals surface area contributed by atoms with E-state index in [9.17, 15) is 4.79 Å². The molecule has 4 N–H and O–H groups in total. The van der Waals surface area contributed by atoms with Crippen molar-refractivity contribution in [2.75, 3.05) is 28.8 Å². The third kappa shape index (κ3) is 3.40. The zero-order valence-corrected chi connectivity index (χ0v) is 16.1. The molecule has 3 heterocycles. The van der Waals surface area contributed by atoms with Crippen LogP contribution in [0.25, 0.3) is 0 Å². The minimum Gasteiger partial charge on any atom is -0.377 e. The van der Waals surface area contributed by atoms with Gasteiger partial charge in [-0.1, -0.05) is 11.8 Å². The van der Waals surface area contributed by atoms with Gasteiger partial charge in [-0.05, 0) is 37.3 Å². The van der Waals surface area contributed by atoms with Crippen LogP contribution in [-0.4, -0.2) is 38.7 Å². The van der Waals surface area contributed by atoms with E-state index < -0.39 is 0 Å². The number of aromatic amines is 1. The molecule has 0 spiro atoms.